The van der Waals surface area contributed by atoms with Gasteiger partial charge < -0.3 is 4.90 Å². The largest absolute Gasteiger partial charge is 0.338 e. The number of nitrogens with one attached hydrogen (secondary N) is 1. The summed E-state index contributed by atoms with van der Waals surface area (Å²) in [4.78, 5) is 19.0. The molecule has 9 heteroatoms. The third kappa shape index (κ3) is 5.35. The van der Waals surface area contributed by atoms with Crippen LogP contribution in [0.2, 0.25) is 0 Å². The monoisotopic (exact) mass is 422 g/mol. The van der Waals surface area contributed by atoms with Crippen molar-refractivity contribution in [3.63, 3.8) is 0 Å². The minimum atomic E-state index is -3.04. The number of H-pyrrole nitrogens is 1. The Morgan fingerprint density at radius 2 is 2.04 bits per heavy atom. The van der Waals surface area contributed by atoms with Crippen molar-refractivity contribution in [1.82, 2.24) is 20.1 Å². The fourth-order valence-corrected chi connectivity index (χ4v) is 5.64. The molecule has 1 fully saturated rings. The lowest BCUT2D eigenvalue weighted by Crippen LogP contribution is -2.44. The number of thioether (sulfide) groups is 1. The SMILES string of the molecule is Cc1ccc(-c2nc(SCC(=O)N(CC(C)C)[C@H]3CCS(=O)(=O)C3)n[nH]2)cc1. The highest BCUT2D eigenvalue weighted by molar-refractivity contribution is 7.99. The third-order valence-electron chi connectivity index (χ3n) is 4.65. The summed E-state index contributed by atoms with van der Waals surface area (Å²) in [7, 11) is -3.04. The van der Waals surface area contributed by atoms with Gasteiger partial charge in [-0.3, -0.25) is 9.89 Å². The van der Waals surface area contributed by atoms with E-state index in [1.54, 1.807) is 4.90 Å². The average Bonchev–Trinajstić information content (AvgIpc) is 3.24. The van der Waals surface area contributed by atoms with Gasteiger partial charge in [0.15, 0.2) is 15.7 Å². The molecule has 7 nitrogen and oxygen atoms in total. The summed E-state index contributed by atoms with van der Waals surface area (Å²) in [5.41, 5.74) is 2.11. The Hall–Kier alpha value is -1.87. The number of aromatic amines is 1. The molecule has 1 saturated heterocycles. The van der Waals surface area contributed by atoms with Crippen molar-refractivity contribution in [1.29, 1.82) is 0 Å². The van der Waals surface area contributed by atoms with Crippen LogP contribution in [-0.2, 0) is 14.6 Å². The number of benzene rings is 1. The Labute approximate surface area is 170 Å². The summed E-state index contributed by atoms with van der Waals surface area (Å²) in [6, 6.07) is 7.73. The Bertz CT molecular complexity index is 923. The van der Waals surface area contributed by atoms with Gasteiger partial charge in [0.05, 0.1) is 17.3 Å². The molecule has 1 atom stereocenters. The van der Waals surface area contributed by atoms with Gasteiger partial charge in [-0.2, -0.15) is 0 Å². The van der Waals surface area contributed by atoms with E-state index < -0.39 is 9.84 Å². The first-order valence-corrected chi connectivity index (χ1v) is 12.2. The van der Waals surface area contributed by atoms with Gasteiger partial charge in [-0.05, 0) is 19.3 Å². The Morgan fingerprint density at radius 3 is 2.64 bits per heavy atom. The molecule has 1 N–H and O–H groups in total. The normalized spacial score (nSPS) is 18.5. The number of carbonyl (C=O) groups excluding carboxylic acids is 1. The van der Waals surface area contributed by atoms with Gasteiger partial charge in [-0.1, -0.05) is 55.4 Å². The molecule has 28 heavy (non-hydrogen) atoms. The first kappa shape index (κ1) is 20.9. The van der Waals surface area contributed by atoms with Crippen LogP contribution in [0.15, 0.2) is 29.4 Å². The molecule has 0 unspecified atom stereocenters. The molecule has 1 aliphatic rings. The second kappa shape index (κ2) is 8.65. The molecule has 1 aliphatic heterocycles. The van der Waals surface area contributed by atoms with Crippen molar-refractivity contribution >= 4 is 27.5 Å². The molecule has 0 radical (unpaired) electrons. The minimum absolute atomic E-state index is 0.0638. The van der Waals surface area contributed by atoms with Crippen molar-refractivity contribution in [2.24, 2.45) is 5.92 Å². The number of sulfone groups is 1. The van der Waals surface area contributed by atoms with Crippen LogP contribution in [0.3, 0.4) is 0 Å². The average molecular weight is 423 g/mol. The highest BCUT2D eigenvalue weighted by atomic mass is 32.2. The number of aromatic nitrogens is 3. The van der Waals surface area contributed by atoms with Gasteiger partial charge in [0.2, 0.25) is 11.1 Å². The summed E-state index contributed by atoms with van der Waals surface area (Å²) in [5.74, 6) is 1.28. The maximum Gasteiger partial charge on any atom is 0.233 e. The third-order valence-corrected chi connectivity index (χ3v) is 7.23. The van der Waals surface area contributed by atoms with Crippen LogP contribution in [0, 0.1) is 12.8 Å². The summed E-state index contributed by atoms with van der Waals surface area (Å²) < 4.78 is 23.6. The standard InChI is InChI=1S/C19H26N4O3S2/c1-13(2)10-23(16-8-9-28(25,26)12-16)17(24)11-27-19-20-18(21-22-19)15-6-4-14(3)5-7-15/h4-7,13,16H,8-12H2,1-3H3,(H,20,21,22)/t16-/m0/s1. The van der Waals surface area contributed by atoms with E-state index in [1.807, 2.05) is 45.0 Å². The number of nitrogens with zero attached hydrogens (tertiary/aromatic N) is 3. The maximum absolute atomic E-state index is 12.8. The topological polar surface area (TPSA) is 96.0 Å². The van der Waals surface area contributed by atoms with Crippen LogP contribution in [0.1, 0.15) is 25.8 Å². The van der Waals surface area contributed by atoms with E-state index in [1.165, 1.54) is 17.3 Å². The molecule has 152 valence electrons. The second-order valence-electron chi connectivity index (χ2n) is 7.62. The highest BCUT2D eigenvalue weighted by Crippen LogP contribution is 2.23. The van der Waals surface area contributed by atoms with Crippen LogP contribution in [0.5, 0.6) is 0 Å². The van der Waals surface area contributed by atoms with E-state index in [9.17, 15) is 13.2 Å². The van der Waals surface area contributed by atoms with Gasteiger partial charge in [0, 0.05) is 18.2 Å². The predicted molar refractivity (Wildman–Crippen MR) is 111 cm³/mol. The van der Waals surface area contributed by atoms with E-state index in [0.717, 1.165) is 5.56 Å². The molecule has 3 rings (SSSR count). The maximum atomic E-state index is 12.8. The van der Waals surface area contributed by atoms with Crippen molar-refractivity contribution < 1.29 is 13.2 Å². The van der Waals surface area contributed by atoms with Gasteiger partial charge in [-0.25, -0.2) is 13.4 Å². The quantitative estimate of drug-likeness (QED) is 0.689. The van der Waals surface area contributed by atoms with Crippen molar-refractivity contribution in [2.45, 2.75) is 38.4 Å². The lowest BCUT2D eigenvalue weighted by molar-refractivity contribution is -0.130. The number of aryl methyl sites for hydroxylation is 1. The number of amides is 1. The minimum Gasteiger partial charge on any atom is -0.338 e. The zero-order valence-electron chi connectivity index (χ0n) is 16.4. The Kier molecular flexibility index (Phi) is 6.44. The lowest BCUT2D eigenvalue weighted by atomic mass is 10.1. The number of carbonyl (C=O) groups is 1. The molecule has 0 saturated carbocycles. The Morgan fingerprint density at radius 1 is 1.32 bits per heavy atom. The van der Waals surface area contributed by atoms with Crippen LogP contribution in [-0.4, -0.2) is 64.3 Å². The highest BCUT2D eigenvalue weighted by Gasteiger charge is 2.34. The van der Waals surface area contributed by atoms with Crippen molar-refractivity contribution in [2.75, 3.05) is 23.8 Å². The molecule has 1 aromatic carbocycles. The molecule has 2 aromatic rings. The second-order valence-corrected chi connectivity index (χ2v) is 10.8. The van der Waals surface area contributed by atoms with Crippen LogP contribution < -0.4 is 0 Å². The van der Waals surface area contributed by atoms with Crippen LogP contribution in [0.4, 0.5) is 0 Å². The number of rotatable bonds is 7. The van der Waals surface area contributed by atoms with Crippen molar-refractivity contribution in [3.05, 3.63) is 29.8 Å². The molecule has 0 spiro atoms. The molecule has 0 bridgehead atoms. The fourth-order valence-electron chi connectivity index (χ4n) is 3.23. The van der Waals surface area contributed by atoms with Gasteiger partial charge in [-0.15, -0.1) is 5.10 Å². The molecule has 2 heterocycles. The van der Waals surface area contributed by atoms with E-state index in [-0.39, 0.29) is 35.1 Å². The zero-order valence-corrected chi connectivity index (χ0v) is 18.0. The van der Waals surface area contributed by atoms with Crippen LogP contribution >= 0.6 is 11.8 Å². The molecule has 0 aliphatic carbocycles. The van der Waals surface area contributed by atoms with E-state index in [4.69, 9.17) is 0 Å². The van der Waals surface area contributed by atoms with E-state index >= 15 is 0 Å². The summed E-state index contributed by atoms with van der Waals surface area (Å²) in [5, 5.41) is 7.60. The molecule has 1 aromatic heterocycles. The predicted octanol–water partition coefficient (Wildman–Crippen LogP) is 2.54. The van der Waals surface area contributed by atoms with Crippen LogP contribution in [0.25, 0.3) is 11.4 Å². The lowest BCUT2D eigenvalue weighted by Gasteiger charge is -2.29. The molecular formula is C19H26N4O3S2. The number of hydrogen-bond donors (Lipinski definition) is 1. The summed E-state index contributed by atoms with van der Waals surface area (Å²) in [6.07, 6.45) is 0.518. The smallest absolute Gasteiger partial charge is 0.233 e. The van der Waals surface area contributed by atoms with Crippen molar-refractivity contribution in [3.8, 4) is 11.4 Å². The van der Waals surface area contributed by atoms with Gasteiger partial charge in [0.25, 0.3) is 0 Å². The summed E-state index contributed by atoms with van der Waals surface area (Å²) >= 11 is 1.27. The first-order chi connectivity index (χ1) is 13.2. The van der Waals surface area contributed by atoms with E-state index in [2.05, 4.69) is 15.2 Å². The molecule has 1 amide bonds. The van der Waals surface area contributed by atoms with E-state index in [0.29, 0.717) is 23.9 Å². The molecular weight excluding hydrogens is 396 g/mol. The first-order valence-electron chi connectivity index (χ1n) is 9.35. The van der Waals surface area contributed by atoms with Gasteiger partial charge >= 0.3 is 0 Å². The number of hydrogen-bond acceptors (Lipinski definition) is 6. The Balaban J connectivity index is 1.63. The summed E-state index contributed by atoms with van der Waals surface area (Å²) in [6.45, 7) is 6.64. The van der Waals surface area contributed by atoms with Gasteiger partial charge in [0.1, 0.15) is 0 Å². The zero-order chi connectivity index (χ0) is 20.3. The fraction of sp³-hybridized carbons (Fsp3) is 0.526.